The van der Waals surface area contributed by atoms with Crippen molar-refractivity contribution in [3.8, 4) is 0 Å². The summed E-state index contributed by atoms with van der Waals surface area (Å²) in [5.41, 5.74) is 3.20. The predicted molar refractivity (Wildman–Crippen MR) is 87.0 cm³/mol. The fraction of sp³-hybridized carbons (Fsp3) is 0.235. The van der Waals surface area contributed by atoms with Gasteiger partial charge in [0.25, 0.3) is 5.56 Å². The van der Waals surface area contributed by atoms with Crippen LogP contribution in [0.15, 0.2) is 41.5 Å². The standard InChI is InChI=1S/C17H16N4O3/c22-16-13(17(23)24)7-11(15-3-1-2-5-21(15)16)9-20-6-4-14-12(10-20)8-18-19-14/h1-3,5,7-8H,4,6,9-10H2,(H,18,19)(H,23,24). The first-order valence-corrected chi connectivity index (χ1v) is 7.73. The van der Waals surface area contributed by atoms with Crippen LogP contribution in [0.2, 0.25) is 0 Å². The molecule has 3 aromatic heterocycles. The van der Waals surface area contributed by atoms with Gasteiger partial charge in [-0.3, -0.25) is 19.2 Å². The molecule has 4 heterocycles. The molecule has 0 spiro atoms. The zero-order valence-electron chi connectivity index (χ0n) is 12.9. The Labute approximate surface area is 137 Å². The largest absolute Gasteiger partial charge is 0.477 e. The van der Waals surface area contributed by atoms with E-state index in [9.17, 15) is 14.7 Å². The van der Waals surface area contributed by atoms with Gasteiger partial charge < -0.3 is 5.11 Å². The molecule has 0 bridgehead atoms. The maximum absolute atomic E-state index is 12.3. The van der Waals surface area contributed by atoms with Crippen LogP contribution in [0.4, 0.5) is 0 Å². The molecule has 1 aliphatic heterocycles. The third kappa shape index (κ3) is 2.39. The third-order valence-corrected chi connectivity index (χ3v) is 4.46. The molecule has 7 heteroatoms. The molecule has 0 fully saturated rings. The maximum atomic E-state index is 12.3. The van der Waals surface area contributed by atoms with Crippen LogP contribution in [0.5, 0.6) is 0 Å². The first-order chi connectivity index (χ1) is 11.6. The lowest BCUT2D eigenvalue weighted by atomic mass is 10.1. The molecule has 0 saturated heterocycles. The topological polar surface area (TPSA) is 90.7 Å². The fourth-order valence-electron chi connectivity index (χ4n) is 3.26. The number of hydrogen-bond donors (Lipinski definition) is 2. The van der Waals surface area contributed by atoms with E-state index in [1.165, 1.54) is 10.5 Å². The summed E-state index contributed by atoms with van der Waals surface area (Å²) in [5.74, 6) is -1.20. The van der Waals surface area contributed by atoms with Gasteiger partial charge in [-0.2, -0.15) is 5.10 Å². The smallest absolute Gasteiger partial charge is 0.341 e. The third-order valence-electron chi connectivity index (χ3n) is 4.46. The molecule has 1 aliphatic rings. The molecule has 0 aliphatic carbocycles. The molecule has 24 heavy (non-hydrogen) atoms. The zero-order chi connectivity index (χ0) is 16.7. The minimum absolute atomic E-state index is 0.199. The lowest BCUT2D eigenvalue weighted by molar-refractivity contribution is 0.0694. The zero-order valence-corrected chi connectivity index (χ0v) is 12.9. The molecular formula is C17H16N4O3. The van der Waals surface area contributed by atoms with Crippen LogP contribution in [-0.4, -0.2) is 37.1 Å². The Balaban J connectivity index is 1.75. The summed E-state index contributed by atoms with van der Waals surface area (Å²) in [6.07, 6.45) is 4.32. The van der Waals surface area contributed by atoms with Crippen molar-refractivity contribution in [2.75, 3.05) is 6.54 Å². The second-order valence-corrected chi connectivity index (χ2v) is 5.98. The number of aromatic carboxylic acids is 1. The van der Waals surface area contributed by atoms with Gasteiger partial charge in [-0.25, -0.2) is 4.79 Å². The summed E-state index contributed by atoms with van der Waals surface area (Å²) < 4.78 is 1.41. The molecule has 2 N–H and O–H groups in total. The van der Waals surface area contributed by atoms with Crippen molar-refractivity contribution in [3.05, 3.63) is 69.4 Å². The van der Waals surface area contributed by atoms with Crippen molar-refractivity contribution < 1.29 is 9.90 Å². The van der Waals surface area contributed by atoms with E-state index in [0.717, 1.165) is 41.8 Å². The van der Waals surface area contributed by atoms with E-state index in [1.807, 2.05) is 18.3 Å². The average Bonchev–Trinajstić information content (AvgIpc) is 3.05. The van der Waals surface area contributed by atoms with E-state index in [-0.39, 0.29) is 5.56 Å². The number of pyridine rings is 2. The molecular weight excluding hydrogens is 308 g/mol. The van der Waals surface area contributed by atoms with E-state index in [0.29, 0.717) is 6.54 Å². The van der Waals surface area contributed by atoms with Gasteiger partial charge in [-0.15, -0.1) is 0 Å². The summed E-state index contributed by atoms with van der Waals surface area (Å²) in [6.45, 7) is 2.20. The summed E-state index contributed by atoms with van der Waals surface area (Å²) in [7, 11) is 0. The van der Waals surface area contributed by atoms with Gasteiger partial charge in [-0.1, -0.05) is 6.07 Å². The van der Waals surface area contributed by atoms with Crippen molar-refractivity contribution in [3.63, 3.8) is 0 Å². The van der Waals surface area contributed by atoms with Crippen LogP contribution < -0.4 is 5.56 Å². The number of carbonyl (C=O) groups is 1. The molecule has 0 aromatic carbocycles. The Bertz CT molecular complexity index is 989. The lowest BCUT2D eigenvalue weighted by Gasteiger charge is -2.26. The summed E-state index contributed by atoms with van der Waals surface area (Å²) in [4.78, 5) is 25.9. The SMILES string of the molecule is O=C(O)c1cc(CN2CCc3[nH]ncc3C2)c2ccccn2c1=O. The molecule has 4 rings (SSSR count). The first-order valence-electron chi connectivity index (χ1n) is 7.73. The number of fused-ring (bicyclic) bond motifs is 2. The van der Waals surface area contributed by atoms with Crippen molar-refractivity contribution in [1.82, 2.24) is 19.5 Å². The van der Waals surface area contributed by atoms with Crippen molar-refractivity contribution in [2.24, 2.45) is 0 Å². The Morgan fingerprint density at radius 1 is 1.38 bits per heavy atom. The van der Waals surface area contributed by atoms with Gasteiger partial charge in [0.1, 0.15) is 5.56 Å². The van der Waals surface area contributed by atoms with Crippen LogP contribution in [0.25, 0.3) is 5.52 Å². The number of nitrogens with one attached hydrogen (secondary N) is 1. The van der Waals surface area contributed by atoms with Crippen LogP contribution in [-0.2, 0) is 19.5 Å². The van der Waals surface area contributed by atoms with Crippen LogP contribution in [0.1, 0.15) is 27.2 Å². The molecule has 0 radical (unpaired) electrons. The maximum Gasteiger partial charge on any atom is 0.341 e. The molecule has 122 valence electrons. The summed E-state index contributed by atoms with van der Waals surface area (Å²) in [5, 5.41) is 16.4. The van der Waals surface area contributed by atoms with E-state index in [1.54, 1.807) is 12.3 Å². The Kier molecular flexibility index (Phi) is 3.42. The van der Waals surface area contributed by atoms with Gasteiger partial charge in [0, 0.05) is 43.5 Å². The van der Waals surface area contributed by atoms with E-state index < -0.39 is 11.5 Å². The number of aromatic amines is 1. The normalized spacial score (nSPS) is 14.7. The van der Waals surface area contributed by atoms with Gasteiger partial charge in [0.2, 0.25) is 0 Å². The van der Waals surface area contributed by atoms with Crippen LogP contribution in [0, 0.1) is 0 Å². The number of H-pyrrole nitrogens is 1. The highest BCUT2D eigenvalue weighted by atomic mass is 16.4. The Hall–Kier alpha value is -2.93. The highest BCUT2D eigenvalue weighted by molar-refractivity contribution is 5.88. The molecule has 7 nitrogen and oxygen atoms in total. The predicted octanol–water partition coefficient (Wildman–Crippen LogP) is 1.28. The van der Waals surface area contributed by atoms with E-state index >= 15 is 0 Å². The second kappa shape index (κ2) is 5.61. The van der Waals surface area contributed by atoms with E-state index in [4.69, 9.17) is 0 Å². The van der Waals surface area contributed by atoms with Crippen LogP contribution in [0.3, 0.4) is 0 Å². The number of rotatable bonds is 3. The number of carboxylic acid groups (broad SMARTS) is 1. The fourth-order valence-corrected chi connectivity index (χ4v) is 3.26. The number of aromatic nitrogens is 3. The Morgan fingerprint density at radius 2 is 2.25 bits per heavy atom. The lowest BCUT2D eigenvalue weighted by Crippen LogP contribution is -2.31. The first kappa shape index (κ1) is 14.6. The van der Waals surface area contributed by atoms with Crippen molar-refractivity contribution in [2.45, 2.75) is 19.5 Å². The minimum atomic E-state index is -1.20. The molecule has 0 saturated carbocycles. The van der Waals surface area contributed by atoms with Crippen molar-refractivity contribution >= 4 is 11.5 Å². The second-order valence-electron chi connectivity index (χ2n) is 5.98. The molecule has 0 amide bonds. The molecule has 0 unspecified atom stereocenters. The van der Waals surface area contributed by atoms with E-state index in [2.05, 4.69) is 15.1 Å². The number of nitrogens with zero attached hydrogens (tertiary/aromatic N) is 3. The van der Waals surface area contributed by atoms with Crippen molar-refractivity contribution in [1.29, 1.82) is 0 Å². The number of hydrogen-bond acceptors (Lipinski definition) is 4. The summed E-state index contributed by atoms with van der Waals surface area (Å²) in [6, 6.07) is 6.92. The highest BCUT2D eigenvalue weighted by Gasteiger charge is 2.20. The quantitative estimate of drug-likeness (QED) is 0.757. The van der Waals surface area contributed by atoms with Gasteiger partial charge >= 0.3 is 5.97 Å². The monoisotopic (exact) mass is 324 g/mol. The Morgan fingerprint density at radius 3 is 3.08 bits per heavy atom. The minimum Gasteiger partial charge on any atom is -0.477 e. The van der Waals surface area contributed by atoms with Gasteiger partial charge in [0.15, 0.2) is 0 Å². The summed E-state index contributed by atoms with van der Waals surface area (Å²) >= 11 is 0. The highest BCUT2D eigenvalue weighted by Crippen LogP contribution is 2.20. The number of carboxylic acids is 1. The average molecular weight is 324 g/mol. The van der Waals surface area contributed by atoms with Gasteiger partial charge in [-0.05, 0) is 23.8 Å². The molecule has 3 aromatic rings. The van der Waals surface area contributed by atoms with Gasteiger partial charge in [0.05, 0.1) is 11.7 Å². The van der Waals surface area contributed by atoms with Crippen LogP contribution >= 0.6 is 0 Å². The molecule has 0 atom stereocenters.